The third-order valence-electron chi connectivity index (χ3n) is 2.89. The van der Waals surface area contributed by atoms with E-state index < -0.39 is 0 Å². The van der Waals surface area contributed by atoms with Crippen molar-refractivity contribution in [3.05, 3.63) is 59.9 Å². The van der Waals surface area contributed by atoms with E-state index in [2.05, 4.69) is 10.3 Å². The van der Waals surface area contributed by atoms with E-state index in [9.17, 15) is 4.79 Å². The van der Waals surface area contributed by atoms with Gasteiger partial charge in [0.15, 0.2) is 0 Å². The first kappa shape index (κ1) is 21.2. The van der Waals surface area contributed by atoms with Crippen LogP contribution in [-0.4, -0.2) is 24.0 Å². The molecule has 0 saturated carbocycles. The third kappa shape index (κ3) is 7.32. The van der Waals surface area contributed by atoms with Crippen molar-refractivity contribution in [3.63, 3.8) is 0 Å². The van der Waals surface area contributed by atoms with Gasteiger partial charge < -0.3 is 15.8 Å². The molecule has 0 saturated heterocycles. The summed E-state index contributed by atoms with van der Waals surface area (Å²) >= 11 is 0. The van der Waals surface area contributed by atoms with Crippen molar-refractivity contribution in [1.29, 1.82) is 0 Å². The molecule has 1 heterocycles. The molecule has 0 atom stereocenters. The molecule has 5 nitrogen and oxygen atoms in total. The summed E-state index contributed by atoms with van der Waals surface area (Å²) in [6, 6.07) is 10.9. The number of carbonyl (C=O) groups is 1. The van der Waals surface area contributed by atoms with Crippen LogP contribution in [0.15, 0.2) is 48.8 Å². The van der Waals surface area contributed by atoms with Crippen LogP contribution in [0.2, 0.25) is 0 Å². The molecule has 1 aromatic heterocycles. The van der Waals surface area contributed by atoms with Gasteiger partial charge in [-0.1, -0.05) is 12.1 Å². The summed E-state index contributed by atoms with van der Waals surface area (Å²) in [7, 11) is 0. The number of nitrogens with zero attached hydrogens (tertiary/aromatic N) is 1. The summed E-state index contributed by atoms with van der Waals surface area (Å²) in [6.07, 6.45) is 4.24. The van der Waals surface area contributed by atoms with E-state index in [1.165, 1.54) is 0 Å². The molecule has 0 spiro atoms. The average Bonchev–Trinajstić information content (AvgIpc) is 2.54. The number of nitrogens with two attached hydrogens (primary N) is 1. The van der Waals surface area contributed by atoms with Crippen molar-refractivity contribution in [2.75, 3.05) is 13.1 Å². The Morgan fingerprint density at radius 1 is 1.22 bits per heavy atom. The van der Waals surface area contributed by atoms with Gasteiger partial charge in [-0.15, -0.1) is 24.8 Å². The van der Waals surface area contributed by atoms with E-state index in [4.69, 9.17) is 10.5 Å². The number of aromatic nitrogens is 1. The van der Waals surface area contributed by atoms with Gasteiger partial charge in [-0.2, -0.15) is 0 Å². The first-order valence-electron chi connectivity index (χ1n) is 6.89. The lowest BCUT2D eigenvalue weighted by molar-refractivity contribution is 0.0953. The minimum Gasteiger partial charge on any atom is -0.489 e. The normalized spacial score (nSPS) is 9.26. The summed E-state index contributed by atoms with van der Waals surface area (Å²) in [6.45, 7) is 1.57. The van der Waals surface area contributed by atoms with Crippen LogP contribution in [0.4, 0.5) is 0 Å². The lowest BCUT2D eigenvalue weighted by atomic mass is 10.2. The summed E-state index contributed by atoms with van der Waals surface area (Å²) in [5.41, 5.74) is 6.96. The van der Waals surface area contributed by atoms with Gasteiger partial charge in [-0.05, 0) is 37.2 Å². The number of pyridine rings is 1. The molecule has 3 N–H and O–H groups in total. The Balaban J connectivity index is 0.00000242. The van der Waals surface area contributed by atoms with Gasteiger partial charge >= 0.3 is 0 Å². The topological polar surface area (TPSA) is 77.2 Å². The number of rotatable bonds is 7. The Bertz CT molecular complexity index is 583. The molecule has 0 aliphatic heterocycles. The Hall–Kier alpha value is -1.82. The van der Waals surface area contributed by atoms with Crippen LogP contribution in [0.1, 0.15) is 22.3 Å². The van der Waals surface area contributed by atoms with Gasteiger partial charge in [0.1, 0.15) is 12.4 Å². The SMILES string of the molecule is Cl.Cl.NCCCNC(=O)c1cccc(OCc2cccnc2)c1. The fourth-order valence-electron chi connectivity index (χ4n) is 1.78. The Labute approximate surface area is 148 Å². The molecular formula is C16H21Cl2N3O2. The second-order valence-electron chi connectivity index (χ2n) is 4.58. The summed E-state index contributed by atoms with van der Waals surface area (Å²) < 4.78 is 5.67. The molecule has 7 heteroatoms. The highest BCUT2D eigenvalue weighted by molar-refractivity contribution is 5.94. The van der Waals surface area contributed by atoms with E-state index >= 15 is 0 Å². The second-order valence-corrected chi connectivity index (χ2v) is 4.58. The molecule has 2 rings (SSSR count). The zero-order chi connectivity index (χ0) is 14.9. The molecule has 0 bridgehead atoms. The van der Waals surface area contributed by atoms with Crippen molar-refractivity contribution in [1.82, 2.24) is 10.3 Å². The number of nitrogens with one attached hydrogen (secondary N) is 1. The molecule has 23 heavy (non-hydrogen) atoms. The fraction of sp³-hybridized carbons (Fsp3) is 0.250. The van der Waals surface area contributed by atoms with Crippen LogP contribution in [0.25, 0.3) is 0 Å². The van der Waals surface area contributed by atoms with Gasteiger partial charge in [0.05, 0.1) is 0 Å². The monoisotopic (exact) mass is 357 g/mol. The molecular weight excluding hydrogens is 337 g/mol. The maximum Gasteiger partial charge on any atom is 0.251 e. The number of hydrogen-bond acceptors (Lipinski definition) is 4. The van der Waals surface area contributed by atoms with Crippen LogP contribution in [0.5, 0.6) is 5.75 Å². The highest BCUT2D eigenvalue weighted by Gasteiger charge is 2.06. The number of amides is 1. The first-order valence-corrected chi connectivity index (χ1v) is 6.89. The van der Waals surface area contributed by atoms with Gasteiger partial charge in [0, 0.05) is 30.1 Å². The molecule has 0 aliphatic rings. The highest BCUT2D eigenvalue weighted by atomic mass is 35.5. The minimum atomic E-state index is -0.115. The predicted octanol–water partition coefficient (Wildman–Crippen LogP) is 2.58. The average molecular weight is 358 g/mol. The van der Waals surface area contributed by atoms with E-state index in [0.717, 1.165) is 12.0 Å². The quantitative estimate of drug-likeness (QED) is 0.746. The molecule has 126 valence electrons. The van der Waals surface area contributed by atoms with Crippen LogP contribution in [0, 0.1) is 0 Å². The summed E-state index contributed by atoms with van der Waals surface area (Å²) in [5.74, 6) is 0.542. The lowest BCUT2D eigenvalue weighted by Crippen LogP contribution is -2.25. The largest absolute Gasteiger partial charge is 0.489 e. The number of carbonyl (C=O) groups excluding carboxylic acids is 1. The number of halogens is 2. The number of hydrogen-bond donors (Lipinski definition) is 2. The smallest absolute Gasteiger partial charge is 0.251 e. The molecule has 2 aromatic rings. The van der Waals surface area contributed by atoms with E-state index in [1.54, 1.807) is 30.6 Å². The van der Waals surface area contributed by atoms with Crippen LogP contribution in [-0.2, 0) is 6.61 Å². The molecule has 0 aliphatic carbocycles. The molecule has 0 radical (unpaired) electrons. The molecule has 1 amide bonds. The Morgan fingerprint density at radius 2 is 2.04 bits per heavy atom. The van der Waals surface area contributed by atoms with Crippen molar-refractivity contribution >= 4 is 30.7 Å². The van der Waals surface area contributed by atoms with Crippen LogP contribution < -0.4 is 15.8 Å². The van der Waals surface area contributed by atoms with Gasteiger partial charge in [-0.25, -0.2) is 0 Å². The Kier molecular flexibility index (Phi) is 10.8. The predicted molar refractivity (Wildman–Crippen MR) is 95.5 cm³/mol. The van der Waals surface area contributed by atoms with E-state index in [-0.39, 0.29) is 30.7 Å². The maximum absolute atomic E-state index is 11.9. The van der Waals surface area contributed by atoms with Crippen LogP contribution >= 0.6 is 24.8 Å². The number of ether oxygens (including phenoxy) is 1. The lowest BCUT2D eigenvalue weighted by Gasteiger charge is -2.08. The molecule has 0 unspecified atom stereocenters. The molecule has 0 fully saturated rings. The standard InChI is InChI=1S/C16H19N3O2.2ClH/c17-7-3-9-19-16(20)14-5-1-6-15(10-14)21-12-13-4-2-8-18-11-13;;/h1-2,4-6,8,10-11H,3,7,9,12,17H2,(H,19,20);2*1H. The molecule has 1 aromatic carbocycles. The van der Waals surface area contributed by atoms with Crippen molar-refractivity contribution in [3.8, 4) is 5.75 Å². The van der Waals surface area contributed by atoms with Crippen molar-refractivity contribution in [2.24, 2.45) is 5.73 Å². The Morgan fingerprint density at radius 3 is 2.74 bits per heavy atom. The van der Waals surface area contributed by atoms with E-state index in [0.29, 0.717) is 31.0 Å². The summed E-state index contributed by atoms with van der Waals surface area (Å²) in [4.78, 5) is 16.0. The second kappa shape index (κ2) is 11.7. The third-order valence-corrected chi connectivity index (χ3v) is 2.89. The van der Waals surface area contributed by atoms with Gasteiger partial charge in [0.25, 0.3) is 5.91 Å². The maximum atomic E-state index is 11.9. The zero-order valence-corrected chi connectivity index (χ0v) is 14.2. The first-order chi connectivity index (χ1) is 10.3. The van der Waals surface area contributed by atoms with E-state index in [1.807, 2.05) is 18.2 Å². The van der Waals surface area contributed by atoms with Gasteiger partial charge in [-0.3, -0.25) is 9.78 Å². The zero-order valence-electron chi connectivity index (χ0n) is 12.6. The minimum absolute atomic E-state index is 0. The fourth-order valence-corrected chi connectivity index (χ4v) is 1.78. The van der Waals surface area contributed by atoms with Crippen molar-refractivity contribution < 1.29 is 9.53 Å². The number of benzene rings is 1. The van der Waals surface area contributed by atoms with Crippen LogP contribution in [0.3, 0.4) is 0 Å². The summed E-state index contributed by atoms with van der Waals surface area (Å²) in [5, 5.41) is 2.82. The highest BCUT2D eigenvalue weighted by Crippen LogP contribution is 2.15. The van der Waals surface area contributed by atoms with Gasteiger partial charge in [0.2, 0.25) is 0 Å². The van der Waals surface area contributed by atoms with Crippen molar-refractivity contribution in [2.45, 2.75) is 13.0 Å².